The van der Waals surface area contributed by atoms with E-state index in [1.807, 2.05) is 25.1 Å². The second-order valence-electron chi connectivity index (χ2n) is 4.60. The Balaban J connectivity index is 2.47. The van der Waals surface area contributed by atoms with Gasteiger partial charge in [0, 0.05) is 16.1 Å². The summed E-state index contributed by atoms with van der Waals surface area (Å²) in [6, 6.07) is 8.92. The highest BCUT2D eigenvalue weighted by Crippen LogP contribution is 2.39. The molecule has 0 heterocycles. The average Bonchev–Trinajstić information content (AvgIpc) is 2.49. The Morgan fingerprint density at radius 3 is 2.24 bits per heavy atom. The molecule has 0 radical (unpaired) electrons. The van der Waals surface area contributed by atoms with Gasteiger partial charge in [0.05, 0.1) is 19.0 Å². The fourth-order valence-electron chi connectivity index (χ4n) is 2.07. The van der Waals surface area contributed by atoms with Crippen molar-refractivity contribution in [1.29, 1.82) is 0 Å². The van der Waals surface area contributed by atoms with Crippen LogP contribution in [0.4, 0.5) is 4.39 Å². The Morgan fingerprint density at radius 1 is 1.05 bits per heavy atom. The highest BCUT2D eigenvalue weighted by atomic mass is 79.9. The van der Waals surface area contributed by atoms with Gasteiger partial charge in [-0.15, -0.1) is 0 Å². The first-order chi connectivity index (χ1) is 9.97. The molecule has 2 nitrogen and oxygen atoms in total. The van der Waals surface area contributed by atoms with Crippen molar-refractivity contribution < 1.29 is 13.9 Å². The lowest BCUT2D eigenvalue weighted by atomic mass is 10.0. The van der Waals surface area contributed by atoms with E-state index in [-0.39, 0.29) is 10.6 Å². The maximum atomic E-state index is 14.3. The highest BCUT2D eigenvalue weighted by molar-refractivity contribution is 9.10. The molecule has 1 atom stereocenters. The Hall–Kier alpha value is -1.07. The van der Waals surface area contributed by atoms with Gasteiger partial charge in [-0.25, -0.2) is 4.39 Å². The summed E-state index contributed by atoms with van der Waals surface area (Å²) in [4.78, 5) is -0.260. The summed E-state index contributed by atoms with van der Waals surface area (Å²) in [6.45, 7) is 2.00. The molecule has 21 heavy (non-hydrogen) atoms. The van der Waals surface area contributed by atoms with Gasteiger partial charge in [0.2, 0.25) is 0 Å². The van der Waals surface area contributed by atoms with Crippen LogP contribution < -0.4 is 9.47 Å². The second-order valence-corrected chi connectivity index (χ2v) is 6.37. The van der Waals surface area contributed by atoms with Crippen LogP contribution in [0.5, 0.6) is 11.5 Å². The minimum atomic E-state index is -0.338. The van der Waals surface area contributed by atoms with Gasteiger partial charge >= 0.3 is 0 Å². The maximum absolute atomic E-state index is 14.3. The lowest BCUT2D eigenvalue weighted by Crippen LogP contribution is -2.00. The topological polar surface area (TPSA) is 18.5 Å². The maximum Gasteiger partial charge on any atom is 0.163 e. The van der Waals surface area contributed by atoms with Crippen LogP contribution in [0.2, 0.25) is 0 Å². The molecule has 2 rings (SSSR count). The predicted molar refractivity (Wildman–Crippen MR) is 89.2 cm³/mol. The van der Waals surface area contributed by atoms with Gasteiger partial charge in [-0.1, -0.05) is 44.0 Å². The van der Waals surface area contributed by atoms with Crippen LogP contribution in [-0.4, -0.2) is 14.2 Å². The van der Waals surface area contributed by atoms with Crippen molar-refractivity contribution in [2.45, 2.75) is 11.8 Å². The van der Waals surface area contributed by atoms with Gasteiger partial charge in [0.15, 0.2) is 11.5 Å². The molecule has 0 aliphatic heterocycles. The normalized spacial score (nSPS) is 12.1. The van der Waals surface area contributed by atoms with Crippen LogP contribution in [0.25, 0.3) is 0 Å². The van der Waals surface area contributed by atoms with Gasteiger partial charge in [-0.2, -0.15) is 0 Å². The lowest BCUT2D eigenvalue weighted by molar-refractivity contribution is 0.351. The van der Waals surface area contributed by atoms with Crippen molar-refractivity contribution >= 4 is 31.9 Å². The number of benzene rings is 2. The first-order valence-electron chi connectivity index (χ1n) is 6.29. The van der Waals surface area contributed by atoms with Crippen molar-refractivity contribution in [1.82, 2.24) is 0 Å². The molecule has 0 bridgehead atoms. The monoisotopic (exact) mass is 416 g/mol. The molecule has 1 unspecified atom stereocenters. The fraction of sp³-hybridized carbons (Fsp3) is 0.250. The smallest absolute Gasteiger partial charge is 0.163 e. The van der Waals surface area contributed by atoms with Crippen LogP contribution in [0, 0.1) is 12.7 Å². The Bertz CT molecular complexity index is 659. The van der Waals surface area contributed by atoms with Crippen molar-refractivity contribution in [3.05, 3.63) is 57.3 Å². The van der Waals surface area contributed by atoms with E-state index < -0.39 is 0 Å². The highest BCUT2D eigenvalue weighted by Gasteiger charge is 2.19. The van der Waals surface area contributed by atoms with E-state index in [0.29, 0.717) is 17.1 Å². The van der Waals surface area contributed by atoms with Crippen molar-refractivity contribution in [2.24, 2.45) is 0 Å². The molecule has 112 valence electrons. The molecule has 0 aliphatic rings. The number of hydrogen-bond acceptors (Lipinski definition) is 2. The van der Waals surface area contributed by atoms with Gasteiger partial charge in [-0.05, 0) is 30.2 Å². The third-order valence-corrected chi connectivity index (χ3v) is 5.16. The first-order valence-corrected chi connectivity index (χ1v) is 8.00. The molecule has 0 fully saturated rings. The molecular weight excluding hydrogens is 403 g/mol. The minimum Gasteiger partial charge on any atom is -0.493 e. The van der Waals surface area contributed by atoms with Gasteiger partial charge in [0.25, 0.3) is 0 Å². The molecule has 0 amide bonds. The standard InChI is InChI=1S/C16H15Br2FO2/c1-9-6-10(4-5-12(9)17)16(18)11-7-14(20-2)15(21-3)8-13(11)19/h4-8,16H,1-3H3. The number of methoxy groups -OCH3 is 2. The molecule has 0 saturated carbocycles. The second kappa shape index (κ2) is 6.79. The SMILES string of the molecule is COc1cc(F)c(C(Br)c2ccc(Br)c(C)c2)cc1OC. The van der Waals surface area contributed by atoms with Crippen molar-refractivity contribution in [2.75, 3.05) is 14.2 Å². The first kappa shape index (κ1) is 16.3. The summed E-state index contributed by atoms with van der Waals surface area (Å²) >= 11 is 7.03. The van der Waals surface area contributed by atoms with E-state index >= 15 is 0 Å². The van der Waals surface area contributed by atoms with Gasteiger partial charge < -0.3 is 9.47 Å². The summed E-state index contributed by atoms with van der Waals surface area (Å²) in [6.07, 6.45) is 0. The third-order valence-electron chi connectivity index (χ3n) is 3.25. The zero-order chi connectivity index (χ0) is 15.6. The summed E-state index contributed by atoms with van der Waals surface area (Å²) in [5, 5.41) is 0. The molecular formula is C16H15Br2FO2. The molecule has 0 saturated heterocycles. The molecule has 0 N–H and O–H groups in total. The van der Waals surface area contributed by atoms with Crippen LogP contribution in [0.1, 0.15) is 21.5 Å². The summed E-state index contributed by atoms with van der Waals surface area (Å²) in [5.74, 6) is 0.549. The molecule has 2 aromatic rings. The van der Waals surface area contributed by atoms with Crippen LogP contribution in [0.15, 0.2) is 34.8 Å². The Labute approximate surface area is 140 Å². The zero-order valence-electron chi connectivity index (χ0n) is 11.9. The number of halogens is 3. The van der Waals surface area contributed by atoms with E-state index in [1.54, 1.807) is 6.07 Å². The number of rotatable bonds is 4. The van der Waals surface area contributed by atoms with E-state index in [0.717, 1.165) is 15.6 Å². The van der Waals surface area contributed by atoms with Gasteiger partial charge in [-0.3, -0.25) is 0 Å². The van der Waals surface area contributed by atoms with Crippen LogP contribution >= 0.6 is 31.9 Å². The predicted octanol–water partition coefficient (Wildman–Crippen LogP) is 5.40. The van der Waals surface area contributed by atoms with E-state index in [9.17, 15) is 4.39 Å². The summed E-state index contributed by atoms with van der Waals surface area (Å²) < 4.78 is 25.7. The number of ether oxygens (including phenoxy) is 2. The summed E-state index contributed by atoms with van der Waals surface area (Å²) in [5.41, 5.74) is 2.58. The summed E-state index contributed by atoms with van der Waals surface area (Å²) in [7, 11) is 3.02. The third kappa shape index (κ3) is 3.40. The lowest BCUT2D eigenvalue weighted by Gasteiger charge is -2.16. The van der Waals surface area contributed by atoms with Crippen molar-refractivity contribution in [3.8, 4) is 11.5 Å². The number of aryl methyl sites for hydroxylation is 1. The quantitative estimate of drug-likeness (QED) is 0.620. The molecule has 0 aromatic heterocycles. The Morgan fingerprint density at radius 2 is 1.67 bits per heavy atom. The van der Waals surface area contributed by atoms with E-state index in [1.165, 1.54) is 20.3 Å². The fourth-order valence-corrected chi connectivity index (χ4v) is 2.95. The van der Waals surface area contributed by atoms with E-state index in [2.05, 4.69) is 31.9 Å². The van der Waals surface area contributed by atoms with Crippen molar-refractivity contribution in [3.63, 3.8) is 0 Å². The molecule has 2 aromatic carbocycles. The minimum absolute atomic E-state index is 0.260. The largest absolute Gasteiger partial charge is 0.493 e. The zero-order valence-corrected chi connectivity index (χ0v) is 15.1. The Kier molecular flexibility index (Phi) is 5.27. The van der Waals surface area contributed by atoms with Crippen LogP contribution in [-0.2, 0) is 0 Å². The van der Waals surface area contributed by atoms with E-state index in [4.69, 9.17) is 9.47 Å². The molecule has 0 aliphatic carbocycles. The van der Waals surface area contributed by atoms with Crippen LogP contribution in [0.3, 0.4) is 0 Å². The molecule has 5 heteroatoms. The number of alkyl halides is 1. The average molecular weight is 418 g/mol. The van der Waals surface area contributed by atoms with Gasteiger partial charge in [0.1, 0.15) is 5.82 Å². The molecule has 0 spiro atoms. The number of hydrogen-bond donors (Lipinski definition) is 0.